The smallest absolute Gasteiger partial charge is 0.248 e. The topological polar surface area (TPSA) is 63.7 Å². The number of nitrogens with zero attached hydrogens (tertiary/aromatic N) is 3. The zero-order valence-corrected chi connectivity index (χ0v) is 21.1. The molecule has 1 unspecified atom stereocenters. The highest BCUT2D eigenvalue weighted by molar-refractivity contribution is 5.97. The molecule has 2 aromatic carbocycles. The SMILES string of the molecule is COc1ccc(C2CCCN(C)C2)cc1CCN1CCC(n2ccc3ccc(C(N)=O)cc32)CC1. The molecule has 0 aliphatic carbocycles. The summed E-state index contributed by atoms with van der Waals surface area (Å²) in [5, 5.41) is 1.16. The number of methoxy groups -OCH3 is 1. The van der Waals surface area contributed by atoms with E-state index in [2.05, 4.69) is 51.9 Å². The molecule has 35 heavy (non-hydrogen) atoms. The van der Waals surface area contributed by atoms with Gasteiger partial charge in [0.15, 0.2) is 0 Å². The molecule has 6 heteroatoms. The maximum absolute atomic E-state index is 11.7. The fourth-order valence-electron chi connectivity index (χ4n) is 6.01. The molecule has 186 valence electrons. The van der Waals surface area contributed by atoms with Crippen LogP contribution in [0.25, 0.3) is 10.9 Å². The summed E-state index contributed by atoms with van der Waals surface area (Å²) in [6, 6.07) is 15.2. The van der Waals surface area contributed by atoms with Gasteiger partial charge in [0.25, 0.3) is 0 Å². The third kappa shape index (κ3) is 5.24. The number of carbonyl (C=O) groups is 1. The van der Waals surface area contributed by atoms with Gasteiger partial charge in [-0.25, -0.2) is 0 Å². The lowest BCUT2D eigenvalue weighted by molar-refractivity contribution is 0.100. The zero-order valence-electron chi connectivity index (χ0n) is 21.1. The minimum atomic E-state index is -0.371. The molecular weight excluding hydrogens is 436 g/mol. The molecule has 0 spiro atoms. The predicted molar refractivity (Wildman–Crippen MR) is 141 cm³/mol. The number of carbonyl (C=O) groups excluding carboxylic acids is 1. The summed E-state index contributed by atoms with van der Waals surface area (Å²) in [5.41, 5.74) is 9.98. The van der Waals surface area contributed by atoms with Crippen LogP contribution < -0.4 is 10.5 Å². The quantitative estimate of drug-likeness (QED) is 0.550. The highest BCUT2D eigenvalue weighted by Crippen LogP contribution is 2.32. The zero-order chi connectivity index (χ0) is 24.4. The third-order valence-electron chi connectivity index (χ3n) is 8.06. The molecule has 0 radical (unpaired) electrons. The average molecular weight is 475 g/mol. The van der Waals surface area contributed by atoms with E-state index in [-0.39, 0.29) is 5.91 Å². The van der Waals surface area contributed by atoms with E-state index in [1.54, 1.807) is 7.11 Å². The number of piperidine rings is 2. The van der Waals surface area contributed by atoms with Gasteiger partial charge in [-0.1, -0.05) is 18.2 Å². The molecule has 2 N–H and O–H groups in total. The Balaban J connectivity index is 1.21. The van der Waals surface area contributed by atoms with E-state index in [1.165, 1.54) is 30.5 Å². The van der Waals surface area contributed by atoms with Crippen LogP contribution in [0, 0.1) is 0 Å². The molecular formula is C29H38N4O2. The third-order valence-corrected chi connectivity index (χ3v) is 8.06. The first-order valence-electron chi connectivity index (χ1n) is 13.0. The number of fused-ring (bicyclic) bond motifs is 1. The van der Waals surface area contributed by atoms with Gasteiger partial charge in [0.2, 0.25) is 5.91 Å². The summed E-state index contributed by atoms with van der Waals surface area (Å²) < 4.78 is 8.06. The van der Waals surface area contributed by atoms with Crippen molar-refractivity contribution in [2.24, 2.45) is 5.73 Å². The number of aromatic nitrogens is 1. The van der Waals surface area contributed by atoms with Gasteiger partial charge in [0.1, 0.15) is 5.75 Å². The summed E-state index contributed by atoms with van der Waals surface area (Å²) in [4.78, 5) is 16.7. The first kappa shape index (κ1) is 23.9. The molecule has 6 nitrogen and oxygen atoms in total. The molecule has 1 atom stereocenters. The van der Waals surface area contributed by atoms with E-state index in [0.717, 1.165) is 62.1 Å². The summed E-state index contributed by atoms with van der Waals surface area (Å²) in [5.74, 6) is 1.27. The van der Waals surface area contributed by atoms with Gasteiger partial charge < -0.3 is 24.8 Å². The second kappa shape index (κ2) is 10.4. The van der Waals surface area contributed by atoms with E-state index in [4.69, 9.17) is 10.5 Å². The molecule has 2 aliphatic rings. The lowest BCUT2D eigenvalue weighted by atomic mass is 9.89. The summed E-state index contributed by atoms with van der Waals surface area (Å²) >= 11 is 0. The first-order valence-corrected chi connectivity index (χ1v) is 13.0. The molecule has 5 rings (SSSR count). The van der Waals surface area contributed by atoms with E-state index in [1.807, 2.05) is 18.2 Å². The number of likely N-dealkylation sites (tertiary alicyclic amines) is 2. The molecule has 2 saturated heterocycles. The van der Waals surface area contributed by atoms with Gasteiger partial charge in [-0.2, -0.15) is 0 Å². The molecule has 3 aromatic rings. The number of nitrogens with two attached hydrogens (primary N) is 1. The summed E-state index contributed by atoms with van der Waals surface area (Å²) in [7, 11) is 4.01. The maximum atomic E-state index is 11.7. The van der Waals surface area contributed by atoms with Crippen molar-refractivity contribution in [2.75, 3.05) is 46.9 Å². The first-order chi connectivity index (χ1) is 17.0. The van der Waals surface area contributed by atoms with Crippen molar-refractivity contribution >= 4 is 16.8 Å². The van der Waals surface area contributed by atoms with Gasteiger partial charge in [-0.05, 0) is 92.4 Å². The second-order valence-corrected chi connectivity index (χ2v) is 10.4. The van der Waals surface area contributed by atoms with E-state index < -0.39 is 0 Å². The Bertz CT molecular complexity index is 1180. The highest BCUT2D eigenvalue weighted by atomic mass is 16.5. The van der Waals surface area contributed by atoms with Crippen molar-refractivity contribution in [1.82, 2.24) is 14.4 Å². The second-order valence-electron chi connectivity index (χ2n) is 10.4. The van der Waals surface area contributed by atoms with Crippen LogP contribution >= 0.6 is 0 Å². The van der Waals surface area contributed by atoms with Crippen molar-refractivity contribution in [3.05, 3.63) is 65.4 Å². The molecule has 0 bridgehead atoms. The normalized spacial score (nSPS) is 20.3. The lowest BCUT2D eigenvalue weighted by Gasteiger charge is -2.33. The number of hydrogen-bond donors (Lipinski definition) is 1. The summed E-state index contributed by atoms with van der Waals surface area (Å²) in [6.07, 6.45) is 7.94. The molecule has 1 amide bonds. The van der Waals surface area contributed by atoms with Crippen LogP contribution in [-0.4, -0.2) is 67.2 Å². The van der Waals surface area contributed by atoms with Crippen molar-refractivity contribution < 1.29 is 9.53 Å². The Hall–Kier alpha value is -2.83. The number of likely N-dealkylation sites (N-methyl/N-ethyl adjacent to an activating group) is 1. The van der Waals surface area contributed by atoms with Crippen LogP contribution in [-0.2, 0) is 6.42 Å². The monoisotopic (exact) mass is 474 g/mol. The Morgan fingerprint density at radius 3 is 2.63 bits per heavy atom. The van der Waals surface area contributed by atoms with E-state index in [0.29, 0.717) is 17.5 Å². The van der Waals surface area contributed by atoms with Crippen molar-refractivity contribution in [3.8, 4) is 5.75 Å². The number of primary amides is 1. The van der Waals surface area contributed by atoms with E-state index >= 15 is 0 Å². The molecule has 2 fully saturated rings. The standard InChI is InChI=1S/C29H38N4O2/c1-31-13-3-4-25(20-31)22-7-8-28(35-2)23(18-22)9-14-32-15-11-26(12-16-32)33-17-10-21-5-6-24(29(30)34)19-27(21)33/h5-8,10,17-19,25-26H,3-4,9,11-16,20H2,1-2H3,(H2,30,34). The van der Waals surface area contributed by atoms with Crippen LogP contribution in [0.4, 0.5) is 0 Å². The van der Waals surface area contributed by atoms with Crippen molar-refractivity contribution in [3.63, 3.8) is 0 Å². The largest absolute Gasteiger partial charge is 0.496 e. The van der Waals surface area contributed by atoms with Crippen molar-refractivity contribution in [2.45, 2.75) is 44.1 Å². The van der Waals surface area contributed by atoms with E-state index in [9.17, 15) is 4.79 Å². The fourth-order valence-corrected chi connectivity index (χ4v) is 6.01. The number of rotatable bonds is 7. The Kier molecular flexibility index (Phi) is 7.12. The number of ether oxygens (including phenoxy) is 1. The molecule has 1 aromatic heterocycles. The van der Waals surface area contributed by atoms with Crippen LogP contribution in [0.1, 0.15) is 59.1 Å². The van der Waals surface area contributed by atoms with Gasteiger partial charge in [0, 0.05) is 49.5 Å². The van der Waals surface area contributed by atoms with Crippen LogP contribution in [0.15, 0.2) is 48.7 Å². The van der Waals surface area contributed by atoms with Gasteiger partial charge in [0.05, 0.1) is 7.11 Å². The van der Waals surface area contributed by atoms with Gasteiger partial charge in [-0.3, -0.25) is 4.79 Å². The molecule has 0 saturated carbocycles. The van der Waals surface area contributed by atoms with Crippen LogP contribution in [0.3, 0.4) is 0 Å². The maximum Gasteiger partial charge on any atom is 0.248 e. The minimum Gasteiger partial charge on any atom is -0.496 e. The number of hydrogen-bond acceptors (Lipinski definition) is 4. The van der Waals surface area contributed by atoms with Gasteiger partial charge in [-0.15, -0.1) is 0 Å². The van der Waals surface area contributed by atoms with Gasteiger partial charge >= 0.3 is 0 Å². The average Bonchev–Trinajstić information content (AvgIpc) is 3.31. The number of benzene rings is 2. The van der Waals surface area contributed by atoms with Crippen molar-refractivity contribution in [1.29, 1.82) is 0 Å². The summed E-state index contributed by atoms with van der Waals surface area (Å²) in [6.45, 7) is 5.56. The fraction of sp³-hybridized carbons (Fsp3) is 0.483. The van der Waals surface area contributed by atoms with Crippen LogP contribution in [0.2, 0.25) is 0 Å². The molecule has 2 aliphatic heterocycles. The molecule has 3 heterocycles. The lowest BCUT2D eigenvalue weighted by Crippen LogP contribution is -2.36. The number of amides is 1. The van der Waals surface area contributed by atoms with Crippen LogP contribution in [0.5, 0.6) is 5.75 Å². The highest BCUT2D eigenvalue weighted by Gasteiger charge is 2.23. The Morgan fingerprint density at radius 2 is 1.89 bits per heavy atom. The Morgan fingerprint density at radius 1 is 1.06 bits per heavy atom. The minimum absolute atomic E-state index is 0.371. The predicted octanol–water partition coefficient (Wildman–Crippen LogP) is 4.44. The Labute approximate surface area is 208 Å².